The molecular formula is C67H53NO. The van der Waals surface area contributed by atoms with E-state index in [9.17, 15) is 0 Å². The fourth-order valence-corrected chi connectivity index (χ4v) is 11.7. The summed E-state index contributed by atoms with van der Waals surface area (Å²) in [5.41, 5.74) is 22.6. The van der Waals surface area contributed by atoms with Crippen molar-refractivity contribution in [3.63, 3.8) is 0 Å². The van der Waals surface area contributed by atoms with Crippen molar-refractivity contribution < 1.29 is 4.42 Å². The van der Waals surface area contributed by atoms with Crippen molar-refractivity contribution in [2.45, 2.75) is 57.8 Å². The van der Waals surface area contributed by atoms with Gasteiger partial charge < -0.3 is 9.32 Å². The zero-order valence-corrected chi connectivity index (χ0v) is 40.1. The zero-order chi connectivity index (χ0) is 46.8. The summed E-state index contributed by atoms with van der Waals surface area (Å²) in [5.74, 6) is 0. The lowest BCUT2D eigenvalue weighted by atomic mass is 9.68. The van der Waals surface area contributed by atoms with Gasteiger partial charge in [-0.3, -0.25) is 0 Å². The summed E-state index contributed by atoms with van der Waals surface area (Å²) in [4.78, 5) is 2.45. The van der Waals surface area contributed by atoms with Crippen LogP contribution in [0.5, 0.6) is 0 Å². The Balaban J connectivity index is 1.01. The van der Waals surface area contributed by atoms with Crippen molar-refractivity contribution in [2.75, 3.05) is 4.90 Å². The first kappa shape index (κ1) is 41.3. The number of rotatable bonds is 5. The smallest absolute Gasteiger partial charge is 0.136 e. The molecule has 0 amide bonds. The molecule has 2 aliphatic rings. The van der Waals surface area contributed by atoms with E-state index in [4.69, 9.17) is 4.42 Å². The molecule has 1 spiro atoms. The molecule has 332 valence electrons. The number of fused-ring (bicyclic) bond motifs is 14. The van der Waals surface area contributed by atoms with Crippen molar-refractivity contribution in [1.29, 1.82) is 0 Å². The summed E-state index contributed by atoms with van der Waals surface area (Å²) in [6.07, 6.45) is 0. The highest BCUT2D eigenvalue weighted by molar-refractivity contribution is 6.06. The maximum Gasteiger partial charge on any atom is 0.136 e. The topological polar surface area (TPSA) is 16.4 Å². The third kappa shape index (κ3) is 6.31. The third-order valence-corrected chi connectivity index (χ3v) is 15.2. The summed E-state index contributed by atoms with van der Waals surface area (Å²) in [5, 5.41) is 4.78. The monoisotopic (exact) mass is 887 g/mol. The van der Waals surface area contributed by atoms with Crippen LogP contribution in [0.3, 0.4) is 0 Å². The average Bonchev–Trinajstić information content (AvgIpc) is 3.99. The van der Waals surface area contributed by atoms with Gasteiger partial charge in [-0.25, -0.2) is 0 Å². The molecule has 1 heterocycles. The number of benzene rings is 10. The van der Waals surface area contributed by atoms with E-state index in [0.717, 1.165) is 50.1 Å². The Kier molecular flexibility index (Phi) is 8.99. The Morgan fingerprint density at radius 2 is 0.826 bits per heavy atom. The first-order valence-corrected chi connectivity index (χ1v) is 24.4. The summed E-state index contributed by atoms with van der Waals surface area (Å²) >= 11 is 0. The lowest BCUT2D eigenvalue weighted by molar-refractivity contribution is 0.586. The molecule has 0 saturated carbocycles. The van der Waals surface area contributed by atoms with Crippen LogP contribution in [0.25, 0.3) is 77.2 Å². The fourth-order valence-electron chi connectivity index (χ4n) is 11.7. The van der Waals surface area contributed by atoms with E-state index in [0.29, 0.717) is 0 Å². The standard InChI is InChI=1S/C67H53NO/c1-65(2,3)46-27-35-54-55-36-28-47(66(4,5)6)40-61(55)67(60(54)39-46)59-20-11-9-17-53(59)56-37-33-50(41-62(56)67)68(49-31-24-44(25-32-49)52-19-13-15-43-14-7-8-16-51(43)52)48-29-22-42(23-30-48)45-26-34-58-57-18-10-12-21-63(57)69-64(58)38-45/h7-41H,1-6H3. The molecule has 0 N–H and O–H groups in total. The molecule has 0 saturated heterocycles. The van der Waals surface area contributed by atoms with Gasteiger partial charge in [0.15, 0.2) is 0 Å². The van der Waals surface area contributed by atoms with E-state index in [1.165, 1.54) is 77.5 Å². The normalized spacial score (nSPS) is 13.5. The van der Waals surface area contributed by atoms with Gasteiger partial charge in [0.05, 0.1) is 5.41 Å². The van der Waals surface area contributed by atoms with Crippen LogP contribution in [0.4, 0.5) is 17.1 Å². The van der Waals surface area contributed by atoms with Gasteiger partial charge in [-0.1, -0.05) is 199 Å². The molecule has 2 nitrogen and oxygen atoms in total. The number of hydrogen-bond acceptors (Lipinski definition) is 2. The minimum Gasteiger partial charge on any atom is -0.456 e. The number of furan rings is 1. The number of para-hydroxylation sites is 1. The summed E-state index contributed by atoms with van der Waals surface area (Å²) in [6.45, 7) is 14.0. The van der Waals surface area contributed by atoms with Gasteiger partial charge in [0.1, 0.15) is 11.2 Å². The predicted octanol–water partition coefficient (Wildman–Crippen LogP) is 18.5. The summed E-state index contributed by atoms with van der Waals surface area (Å²) in [6, 6.07) is 79.4. The van der Waals surface area contributed by atoms with Gasteiger partial charge in [0.25, 0.3) is 0 Å². The van der Waals surface area contributed by atoms with Gasteiger partial charge in [0.2, 0.25) is 0 Å². The van der Waals surface area contributed by atoms with E-state index in [-0.39, 0.29) is 10.8 Å². The van der Waals surface area contributed by atoms with Crippen LogP contribution in [0, 0.1) is 0 Å². The average molecular weight is 888 g/mol. The molecule has 0 unspecified atom stereocenters. The first-order chi connectivity index (χ1) is 33.4. The Labute approximate surface area is 405 Å². The second-order valence-electron chi connectivity index (χ2n) is 21.3. The van der Waals surface area contributed by atoms with Crippen LogP contribution < -0.4 is 4.90 Å². The van der Waals surface area contributed by atoms with E-state index in [1.807, 2.05) is 12.1 Å². The molecule has 11 aromatic rings. The molecule has 0 radical (unpaired) electrons. The lowest BCUT2D eigenvalue weighted by Gasteiger charge is -2.34. The molecule has 0 fully saturated rings. The van der Waals surface area contributed by atoms with Crippen LogP contribution in [0.1, 0.15) is 74.9 Å². The minimum atomic E-state index is -0.516. The number of anilines is 3. The van der Waals surface area contributed by atoms with E-state index >= 15 is 0 Å². The Bertz CT molecular complexity index is 3780. The molecular weight excluding hydrogens is 835 g/mol. The van der Waals surface area contributed by atoms with E-state index in [2.05, 4.69) is 247 Å². The highest BCUT2D eigenvalue weighted by Gasteiger charge is 2.52. The van der Waals surface area contributed by atoms with Gasteiger partial charge in [0, 0.05) is 27.8 Å². The minimum absolute atomic E-state index is 0.0245. The summed E-state index contributed by atoms with van der Waals surface area (Å²) < 4.78 is 6.34. The van der Waals surface area contributed by atoms with E-state index < -0.39 is 5.41 Å². The molecule has 0 atom stereocenters. The third-order valence-electron chi connectivity index (χ3n) is 15.2. The van der Waals surface area contributed by atoms with Gasteiger partial charge in [-0.15, -0.1) is 0 Å². The first-order valence-electron chi connectivity index (χ1n) is 24.4. The number of hydrogen-bond donors (Lipinski definition) is 0. The van der Waals surface area contributed by atoms with E-state index in [1.54, 1.807) is 0 Å². The van der Waals surface area contributed by atoms with Gasteiger partial charge in [-0.05, 0) is 154 Å². The fraction of sp³-hybridized carbons (Fsp3) is 0.134. The number of nitrogens with zero attached hydrogens (tertiary/aromatic N) is 1. The predicted molar refractivity (Wildman–Crippen MR) is 290 cm³/mol. The molecule has 1 aromatic heterocycles. The van der Waals surface area contributed by atoms with Crippen LogP contribution in [-0.2, 0) is 16.2 Å². The van der Waals surface area contributed by atoms with Crippen molar-refractivity contribution in [3.05, 3.63) is 246 Å². The van der Waals surface area contributed by atoms with Crippen molar-refractivity contribution >= 4 is 49.8 Å². The molecule has 13 rings (SSSR count). The summed E-state index contributed by atoms with van der Waals surface area (Å²) in [7, 11) is 0. The molecule has 69 heavy (non-hydrogen) atoms. The largest absolute Gasteiger partial charge is 0.456 e. The molecule has 0 bridgehead atoms. The maximum atomic E-state index is 6.34. The molecule has 2 heteroatoms. The molecule has 10 aromatic carbocycles. The van der Waals surface area contributed by atoms with Crippen molar-refractivity contribution in [3.8, 4) is 44.5 Å². The Morgan fingerprint density at radius 1 is 0.333 bits per heavy atom. The SMILES string of the molecule is CC(C)(C)c1ccc2c(c1)C1(c3ccccc3-c3ccc(N(c4ccc(-c5ccc6c(c5)oc5ccccc56)cc4)c4ccc(-c5cccc6ccccc56)cc4)cc31)c1cc(C(C)(C)C)ccc1-2. The second kappa shape index (κ2) is 15.0. The van der Waals surface area contributed by atoms with Crippen molar-refractivity contribution in [2.24, 2.45) is 0 Å². The van der Waals surface area contributed by atoms with Crippen LogP contribution in [0.15, 0.2) is 217 Å². The molecule has 2 aliphatic carbocycles. The Hall–Kier alpha value is -7.94. The van der Waals surface area contributed by atoms with Crippen LogP contribution in [-0.4, -0.2) is 0 Å². The van der Waals surface area contributed by atoms with Gasteiger partial charge in [-0.2, -0.15) is 0 Å². The molecule has 0 aliphatic heterocycles. The highest BCUT2D eigenvalue weighted by atomic mass is 16.3. The van der Waals surface area contributed by atoms with Crippen molar-refractivity contribution in [1.82, 2.24) is 0 Å². The zero-order valence-electron chi connectivity index (χ0n) is 40.1. The lowest BCUT2D eigenvalue weighted by Crippen LogP contribution is -2.27. The van der Waals surface area contributed by atoms with Crippen LogP contribution in [0.2, 0.25) is 0 Å². The highest BCUT2D eigenvalue weighted by Crippen LogP contribution is 2.64. The van der Waals surface area contributed by atoms with Crippen LogP contribution >= 0.6 is 0 Å². The quantitative estimate of drug-likeness (QED) is 0.171. The Morgan fingerprint density at radius 3 is 1.51 bits per heavy atom. The van der Waals surface area contributed by atoms with Gasteiger partial charge >= 0.3 is 0 Å². The second-order valence-corrected chi connectivity index (χ2v) is 21.3. The maximum absolute atomic E-state index is 6.34.